The van der Waals surface area contributed by atoms with Gasteiger partial charge < -0.3 is 20.2 Å². The number of fused-ring (bicyclic) bond motifs is 6. The third-order valence-electron chi connectivity index (χ3n) is 5.19. The summed E-state index contributed by atoms with van der Waals surface area (Å²) in [7, 11) is 0. The van der Waals surface area contributed by atoms with Gasteiger partial charge in [-0.25, -0.2) is 9.03 Å². The summed E-state index contributed by atoms with van der Waals surface area (Å²) in [6.45, 7) is -0.0930. The van der Waals surface area contributed by atoms with Gasteiger partial charge in [-0.1, -0.05) is 12.1 Å². The molecule has 0 atom stereocenters. The summed E-state index contributed by atoms with van der Waals surface area (Å²) >= 11 is 0. The number of hydrogen-bond acceptors (Lipinski definition) is 6. The highest BCUT2D eigenvalue weighted by atomic mass is 16.3. The van der Waals surface area contributed by atoms with Crippen molar-refractivity contribution in [1.82, 2.24) is 29.2 Å². The highest BCUT2D eigenvalue weighted by molar-refractivity contribution is 5.79. The van der Waals surface area contributed by atoms with Crippen molar-refractivity contribution in [3.05, 3.63) is 92.8 Å². The van der Waals surface area contributed by atoms with E-state index >= 15 is 0 Å². The molecule has 6 aromatic rings. The zero-order chi connectivity index (χ0) is 22.2. The van der Waals surface area contributed by atoms with Gasteiger partial charge in [-0.15, -0.1) is 0 Å². The third-order valence-corrected chi connectivity index (χ3v) is 5.19. The summed E-state index contributed by atoms with van der Waals surface area (Å²) < 4.78 is 3.19. The van der Waals surface area contributed by atoms with Crippen LogP contribution in [0, 0.1) is 0 Å². The minimum Gasteiger partial charge on any atom is -0.392 e. The zero-order valence-corrected chi connectivity index (χ0v) is 16.7. The summed E-state index contributed by atoms with van der Waals surface area (Å²) in [5.41, 5.74) is 5.17. The van der Waals surface area contributed by atoms with Crippen molar-refractivity contribution in [3.8, 4) is 0 Å². The summed E-state index contributed by atoms with van der Waals surface area (Å²) in [4.78, 5) is 28.9. The maximum atomic E-state index is 11.7. The van der Waals surface area contributed by atoms with E-state index in [1.165, 1.54) is 0 Å². The van der Waals surface area contributed by atoms with Gasteiger partial charge in [-0.05, 0) is 47.5 Å². The second-order valence-corrected chi connectivity index (χ2v) is 7.18. The first-order chi connectivity index (χ1) is 15.6. The van der Waals surface area contributed by atoms with Gasteiger partial charge in [0.1, 0.15) is 11.0 Å². The van der Waals surface area contributed by atoms with Crippen LogP contribution in [0.1, 0.15) is 11.1 Å². The fraction of sp³-hybridized carbons (Fsp3) is 0.0909. The number of nitrogens with one attached hydrogen (secondary N) is 2. The molecule has 0 amide bonds. The largest absolute Gasteiger partial charge is 0.392 e. The van der Waals surface area contributed by atoms with E-state index in [1.807, 2.05) is 24.3 Å². The second kappa shape index (κ2) is 7.76. The number of nitrogens with zero attached hydrogens (tertiary/aromatic N) is 4. The van der Waals surface area contributed by atoms with Crippen LogP contribution < -0.4 is 11.1 Å². The molecule has 160 valence electrons. The van der Waals surface area contributed by atoms with Crippen molar-refractivity contribution in [1.29, 1.82) is 0 Å². The molecule has 0 unspecified atom stereocenters. The van der Waals surface area contributed by atoms with E-state index in [1.54, 1.807) is 45.7 Å². The molecule has 10 nitrogen and oxygen atoms in total. The average Bonchev–Trinajstić information content (AvgIpc) is 3.50. The second-order valence-electron chi connectivity index (χ2n) is 7.18. The summed E-state index contributed by atoms with van der Waals surface area (Å²) in [6, 6.07) is 14.1. The highest BCUT2D eigenvalue weighted by Gasteiger charge is 2.06. The molecular formula is C22H18N6O4. The number of aromatic amines is 2. The maximum Gasteiger partial charge on any atom is 0.274 e. The molecule has 0 aliphatic carbocycles. The van der Waals surface area contributed by atoms with Gasteiger partial charge in [0.05, 0.1) is 47.7 Å². The molecule has 0 saturated carbocycles. The molecule has 0 saturated heterocycles. The van der Waals surface area contributed by atoms with Crippen molar-refractivity contribution >= 4 is 33.1 Å². The van der Waals surface area contributed by atoms with Crippen LogP contribution in [-0.4, -0.2) is 39.4 Å². The lowest BCUT2D eigenvalue weighted by atomic mass is 10.2. The number of benzene rings is 2. The Hall–Kier alpha value is -4.28. The Morgan fingerprint density at radius 2 is 1.09 bits per heavy atom. The minimum atomic E-state index is -0.180. The van der Waals surface area contributed by atoms with Crippen molar-refractivity contribution in [2.24, 2.45) is 0 Å². The van der Waals surface area contributed by atoms with Crippen LogP contribution in [0.2, 0.25) is 0 Å². The lowest BCUT2D eigenvalue weighted by Crippen LogP contribution is -2.10. The van der Waals surface area contributed by atoms with Gasteiger partial charge in [0, 0.05) is 0 Å². The molecular weight excluding hydrogens is 412 g/mol. The maximum absolute atomic E-state index is 11.7. The quantitative estimate of drug-likeness (QED) is 0.327. The van der Waals surface area contributed by atoms with Crippen LogP contribution in [0.3, 0.4) is 0 Å². The first kappa shape index (κ1) is 19.7. The molecule has 0 radical (unpaired) electrons. The predicted molar refractivity (Wildman–Crippen MR) is 118 cm³/mol. The van der Waals surface area contributed by atoms with Crippen LogP contribution in [0.5, 0.6) is 0 Å². The van der Waals surface area contributed by atoms with Crippen molar-refractivity contribution < 1.29 is 10.2 Å². The van der Waals surface area contributed by atoms with Gasteiger partial charge in [0.25, 0.3) is 11.1 Å². The number of aliphatic hydroxyl groups is 2. The average molecular weight is 430 g/mol. The molecule has 0 aliphatic rings. The Labute approximate surface area is 179 Å². The van der Waals surface area contributed by atoms with E-state index in [0.717, 1.165) is 22.2 Å². The lowest BCUT2D eigenvalue weighted by Gasteiger charge is -2.02. The van der Waals surface area contributed by atoms with Crippen LogP contribution in [0.4, 0.5) is 0 Å². The van der Waals surface area contributed by atoms with Gasteiger partial charge in [-0.2, -0.15) is 10.2 Å². The normalized spacial score (nSPS) is 11.3. The lowest BCUT2D eigenvalue weighted by molar-refractivity contribution is 0.282. The first-order valence-electron chi connectivity index (χ1n) is 9.78. The number of aliphatic hydroxyl groups excluding tert-OH is 2. The van der Waals surface area contributed by atoms with E-state index in [9.17, 15) is 9.59 Å². The van der Waals surface area contributed by atoms with Gasteiger partial charge in [0.2, 0.25) is 0 Å². The topological polar surface area (TPSA) is 141 Å². The standard InChI is InChI=1S/2C11H9N3O2/c2*15-6-7-1-2-9-8(5-7)13-11(16)10-3-4-12-14(9)10/h2*1-5,15H,6H2,(H,13,16). The SMILES string of the molecule is O=c1[nH]c2cc(CO)ccc2n2nccc12.O=c1[nH]c2cc(CO)ccc2n2nccc12. The van der Waals surface area contributed by atoms with Gasteiger partial charge >= 0.3 is 0 Å². The molecule has 0 spiro atoms. The molecule has 0 aliphatic heterocycles. The van der Waals surface area contributed by atoms with Crippen LogP contribution in [0.25, 0.3) is 33.1 Å². The Morgan fingerprint density at radius 3 is 1.50 bits per heavy atom. The predicted octanol–water partition coefficient (Wildman–Crippen LogP) is 1.34. The molecule has 0 fully saturated rings. The minimum absolute atomic E-state index is 0.0465. The molecule has 6 rings (SSSR count). The molecule has 0 bridgehead atoms. The van der Waals surface area contributed by atoms with Crippen LogP contribution in [-0.2, 0) is 13.2 Å². The van der Waals surface area contributed by atoms with E-state index in [2.05, 4.69) is 20.2 Å². The Bertz CT molecular complexity index is 1580. The van der Waals surface area contributed by atoms with Crippen LogP contribution >= 0.6 is 0 Å². The van der Waals surface area contributed by atoms with Gasteiger partial charge in [-0.3, -0.25) is 9.59 Å². The van der Waals surface area contributed by atoms with Crippen molar-refractivity contribution in [2.75, 3.05) is 0 Å². The fourth-order valence-corrected chi connectivity index (χ4v) is 3.64. The Kier molecular flexibility index (Phi) is 4.77. The molecule has 32 heavy (non-hydrogen) atoms. The molecule has 4 N–H and O–H groups in total. The first-order valence-corrected chi connectivity index (χ1v) is 9.78. The monoisotopic (exact) mass is 430 g/mol. The fourth-order valence-electron chi connectivity index (χ4n) is 3.64. The van der Waals surface area contributed by atoms with Crippen molar-refractivity contribution in [2.45, 2.75) is 13.2 Å². The van der Waals surface area contributed by atoms with Crippen molar-refractivity contribution in [3.63, 3.8) is 0 Å². The Morgan fingerprint density at radius 1 is 0.656 bits per heavy atom. The molecule has 4 aromatic heterocycles. The molecule has 2 aromatic carbocycles. The van der Waals surface area contributed by atoms with E-state index in [0.29, 0.717) is 22.1 Å². The van der Waals surface area contributed by atoms with E-state index in [-0.39, 0.29) is 24.3 Å². The summed E-state index contributed by atoms with van der Waals surface area (Å²) in [5.74, 6) is 0. The number of H-pyrrole nitrogens is 2. The molecule has 10 heteroatoms. The third kappa shape index (κ3) is 3.23. The molecule has 4 heterocycles. The van der Waals surface area contributed by atoms with Crippen LogP contribution in [0.15, 0.2) is 70.5 Å². The number of aromatic nitrogens is 6. The van der Waals surface area contributed by atoms with E-state index < -0.39 is 0 Å². The van der Waals surface area contributed by atoms with E-state index in [4.69, 9.17) is 10.2 Å². The number of hydrogen-bond donors (Lipinski definition) is 4. The number of rotatable bonds is 2. The highest BCUT2D eigenvalue weighted by Crippen LogP contribution is 2.14. The summed E-state index contributed by atoms with van der Waals surface area (Å²) in [6.07, 6.45) is 3.17. The Balaban J connectivity index is 0.000000135. The summed E-state index contributed by atoms with van der Waals surface area (Å²) in [5, 5.41) is 26.2. The zero-order valence-electron chi connectivity index (χ0n) is 16.7. The smallest absolute Gasteiger partial charge is 0.274 e. The van der Waals surface area contributed by atoms with Gasteiger partial charge in [0.15, 0.2) is 0 Å².